The maximum atomic E-state index is 11.0. The molecule has 0 bridgehead atoms. The molecule has 4 aromatic rings. The van der Waals surface area contributed by atoms with E-state index in [0.29, 0.717) is 11.3 Å². The van der Waals surface area contributed by atoms with E-state index in [1.807, 2.05) is 25.1 Å². The first-order valence-electron chi connectivity index (χ1n) is 6.80. The van der Waals surface area contributed by atoms with Crippen LogP contribution in [-0.2, 0) is 0 Å². The average molecular weight is 292 g/mol. The molecule has 0 fully saturated rings. The number of carboxylic acids is 1. The fraction of sp³-hybridized carbons (Fsp3) is 0.0625. The fourth-order valence-electron chi connectivity index (χ4n) is 2.56. The molecule has 0 aliphatic rings. The first-order valence-corrected chi connectivity index (χ1v) is 6.80. The number of carboxylic acid groups (broad SMARTS) is 1. The smallest absolute Gasteiger partial charge is 0.335 e. The van der Waals surface area contributed by atoms with Crippen molar-refractivity contribution in [3.05, 3.63) is 47.8 Å². The number of carbonyl (C=O) groups is 1. The summed E-state index contributed by atoms with van der Waals surface area (Å²) < 4.78 is 0. The van der Waals surface area contributed by atoms with E-state index in [1.165, 1.54) is 0 Å². The van der Waals surface area contributed by atoms with Crippen LogP contribution >= 0.6 is 0 Å². The highest BCUT2D eigenvalue weighted by Crippen LogP contribution is 2.24. The van der Waals surface area contributed by atoms with Crippen molar-refractivity contribution in [3.63, 3.8) is 0 Å². The molecule has 22 heavy (non-hydrogen) atoms. The SMILES string of the molecule is Cc1nc2ccc(-c3nc4ccc(C(=O)O)cc4[nH]3)cc2[nH]1. The van der Waals surface area contributed by atoms with Gasteiger partial charge in [0.05, 0.1) is 27.6 Å². The van der Waals surface area contributed by atoms with Gasteiger partial charge in [-0.05, 0) is 43.3 Å². The number of aromatic amines is 2. The lowest BCUT2D eigenvalue weighted by molar-refractivity contribution is 0.0697. The molecule has 0 unspecified atom stereocenters. The van der Waals surface area contributed by atoms with Crippen LogP contribution in [0.4, 0.5) is 0 Å². The van der Waals surface area contributed by atoms with Crippen LogP contribution < -0.4 is 0 Å². The summed E-state index contributed by atoms with van der Waals surface area (Å²) in [6.45, 7) is 1.91. The highest BCUT2D eigenvalue weighted by atomic mass is 16.4. The third-order valence-corrected chi connectivity index (χ3v) is 3.60. The van der Waals surface area contributed by atoms with Gasteiger partial charge < -0.3 is 15.1 Å². The number of fused-ring (bicyclic) bond motifs is 2. The van der Waals surface area contributed by atoms with E-state index in [2.05, 4.69) is 19.9 Å². The van der Waals surface area contributed by atoms with Crippen LogP contribution in [0.15, 0.2) is 36.4 Å². The van der Waals surface area contributed by atoms with Gasteiger partial charge in [-0.25, -0.2) is 14.8 Å². The van der Waals surface area contributed by atoms with Crippen molar-refractivity contribution in [2.45, 2.75) is 6.92 Å². The average Bonchev–Trinajstić information content (AvgIpc) is 3.07. The van der Waals surface area contributed by atoms with Crippen molar-refractivity contribution in [2.24, 2.45) is 0 Å². The van der Waals surface area contributed by atoms with Crippen LogP contribution in [0.25, 0.3) is 33.5 Å². The Morgan fingerprint density at radius 3 is 2.55 bits per heavy atom. The number of hydrogen-bond donors (Lipinski definition) is 3. The first-order chi connectivity index (χ1) is 10.6. The van der Waals surface area contributed by atoms with Gasteiger partial charge in [-0.1, -0.05) is 0 Å². The van der Waals surface area contributed by atoms with Gasteiger partial charge in [0.1, 0.15) is 11.6 Å². The largest absolute Gasteiger partial charge is 0.478 e. The number of benzene rings is 2. The molecule has 0 amide bonds. The topological polar surface area (TPSA) is 94.7 Å². The van der Waals surface area contributed by atoms with E-state index in [4.69, 9.17) is 5.11 Å². The van der Waals surface area contributed by atoms with Gasteiger partial charge >= 0.3 is 5.97 Å². The summed E-state index contributed by atoms with van der Waals surface area (Å²) in [5.41, 5.74) is 4.45. The number of hydrogen-bond acceptors (Lipinski definition) is 3. The molecule has 0 saturated carbocycles. The number of rotatable bonds is 2. The molecule has 3 N–H and O–H groups in total. The van der Waals surface area contributed by atoms with Gasteiger partial charge in [0.2, 0.25) is 0 Å². The zero-order valence-corrected chi connectivity index (χ0v) is 11.7. The summed E-state index contributed by atoms with van der Waals surface area (Å²) in [6.07, 6.45) is 0. The number of imidazole rings is 2. The van der Waals surface area contributed by atoms with Gasteiger partial charge in [0.25, 0.3) is 0 Å². The molecule has 2 aromatic carbocycles. The summed E-state index contributed by atoms with van der Waals surface area (Å²) >= 11 is 0. The van der Waals surface area contributed by atoms with E-state index in [1.54, 1.807) is 18.2 Å². The third-order valence-electron chi connectivity index (χ3n) is 3.60. The number of aromatic carboxylic acids is 1. The number of H-pyrrole nitrogens is 2. The van der Waals surface area contributed by atoms with E-state index in [0.717, 1.165) is 27.9 Å². The summed E-state index contributed by atoms with van der Waals surface area (Å²) in [5, 5.41) is 9.04. The molecule has 108 valence electrons. The molecule has 0 radical (unpaired) electrons. The Morgan fingerprint density at radius 2 is 1.73 bits per heavy atom. The van der Waals surface area contributed by atoms with Crippen molar-refractivity contribution in [2.75, 3.05) is 0 Å². The Morgan fingerprint density at radius 1 is 1.00 bits per heavy atom. The van der Waals surface area contributed by atoms with E-state index < -0.39 is 5.97 Å². The highest BCUT2D eigenvalue weighted by molar-refractivity contribution is 5.93. The lowest BCUT2D eigenvalue weighted by Crippen LogP contribution is -1.94. The van der Waals surface area contributed by atoms with E-state index in [9.17, 15) is 4.79 Å². The second-order valence-corrected chi connectivity index (χ2v) is 5.18. The Kier molecular flexibility index (Phi) is 2.53. The standard InChI is InChI=1S/C16H12N4O2/c1-8-17-11-4-2-9(6-13(11)18-8)15-19-12-5-3-10(16(21)22)7-14(12)20-15/h2-7H,1H3,(H,17,18)(H,19,20)(H,21,22). The predicted octanol–water partition coefficient (Wildman–Crippen LogP) is 3.11. The molecule has 0 aliphatic heterocycles. The first kappa shape index (κ1) is 12.6. The van der Waals surface area contributed by atoms with Crippen molar-refractivity contribution >= 4 is 28.0 Å². The summed E-state index contributed by atoms with van der Waals surface area (Å²) in [6, 6.07) is 10.7. The Bertz CT molecular complexity index is 1030. The number of aromatic nitrogens is 4. The zero-order valence-electron chi connectivity index (χ0n) is 11.7. The molecule has 4 rings (SSSR count). The zero-order chi connectivity index (χ0) is 15.3. The Balaban J connectivity index is 1.86. The monoisotopic (exact) mass is 292 g/mol. The molecule has 0 saturated heterocycles. The number of aryl methyl sites for hydroxylation is 1. The Labute approximate surface area is 124 Å². The minimum absolute atomic E-state index is 0.238. The molecule has 2 aromatic heterocycles. The lowest BCUT2D eigenvalue weighted by atomic mass is 10.2. The summed E-state index contributed by atoms with van der Waals surface area (Å²) in [4.78, 5) is 26.3. The minimum Gasteiger partial charge on any atom is -0.478 e. The van der Waals surface area contributed by atoms with Crippen LogP contribution in [-0.4, -0.2) is 31.0 Å². The van der Waals surface area contributed by atoms with E-state index >= 15 is 0 Å². The maximum Gasteiger partial charge on any atom is 0.335 e. The predicted molar refractivity (Wildman–Crippen MR) is 82.9 cm³/mol. The van der Waals surface area contributed by atoms with Gasteiger partial charge in [-0.3, -0.25) is 0 Å². The van der Waals surface area contributed by atoms with Gasteiger partial charge in [0.15, 0.2) is 0 Å². The minimum atomic E-state index is -0.951. The van der Waals surface area contributed by atoms with Crippen molar-refractivity contribution in [3.8, 4) is 11.4 Å². The van der Waals surface area contributed by atoms with Crippen LogP contribution in [0.1, 0.15) is 16.2 Å². The Hall–Kier alpha value is -3.15. The quantitative estimate of drug-likeness (QED) is 0.529. The van der Waals surface area contributed by atoms with Gasteiger partial charge in [-0.15, -0.1) is 0 Å². The molecule has 6 heteroatoms. The van der Waals surface area contributed by atoms with Crippen LogP contribution in [0.5, 0.6) is 0 Å². The number of nitrogens with one attached hydrogen (secondary N) is 2. The molecular weight excluding hydrogens is 280 g/mol. The van der Waals surface area contributed by atoms with Crippen LogP contribution in [0, 0.1) is 6.92 Å². The molecule has 0 atom stereocenters. The molecule has 2 heterocycles. The maximum absolute atomic E-state index is 11.0. The molecule has 6 nitrogen and oxygen atoms in total. The van der Waals surface area contributed by atoms with Crippen LogP contribution in [0.2, 0.25) is 0 Å². The summed E-state index contributed by atoms with van der Waals surface area (Å²) in [7, 11) is 0. The van der Waals surface area contributed by atoms with E-state index in [-0.39, 0.29) is 5.56 Å². The second kappa shape index (κ2) is 4.42. The van der Waals surface area contributed by atoms with Crippen molar-refractivity contribution in [1.29, 1.82) is 0 Å². The highest BCUT2D eigenvalue weighted by Gasteiger charge is 2.10. The normalized spacial score (nSPS) is 11.3. The van der Waals surface area contributed by atoms with Gasteiger partial charge in [-0.2, -0.15) is 0 Å². The molecule has 0 spiro atoms. The van der Waals surface area contributed by atoms with Crippen molar-refractivity contribution < 1.29 is 9.90 Å². The third kappa shape index (κ3) is 1.93. The lowest BCUT2D eigenvalue weighted by Gasteiger charge is -1.96. The van der Waals surface area contributed by atoms with Crippen LogP contribution in [0.3, 0.4) is 0 Å². The molecular formula is C16H12N4O2. The second-order valence-electron chi connectivity index (χ2n) is 5.18. The van der Waals surface area contributed by atoms with Crippen molar-refractivity contribution in [1.82, 2.24) is 19.9 Å². The van der Waals surface area contributed by atoms with Gasteiger partial charge in [0, 0.05) is 5.56 Å². The summed E-state index contributed by atoms with van der Waals surface area (Å²) in [5.74, 6) is 0.613. The number of nitrogens with zero attached hydrogens (tertiary/aromatic N) is 2. The fourth-order valence-corrected chi connectivity index (χ4v) is 2.56. The molecule has 0 aliphatic carbocycles.